The lowest BCUT2D eigenvalue weighted by atomic mass is 10.2. The third-order valence-corrected chi connectivity index (χ3v) is 6.73. The Balaban J connectivity index is 1.50. The average Bonchev–Trinajstić information content (AvgIpc) is 3.14. The molecule has 3 heterocycles. The molecular weight excluding hydrogens is 385 g/mol. The van der Waals surface area contributed by atoms with E-state index < -0.39 is 0 Å². The van der Waals surface area contributed by atoms with Gasteiger partial charge >= 0.3 is 0 Å². The Morgan fingerprint density at radius 1 is 1.38 bits per heavy atom. The van der Waals surface area contributed by atoms with Crippen LogP contribution in [0.1, 0.15) is 16.1 Å². The van der Waals surface area contributed by atoms with Crippen molar-refractivity contribution in [2.45, 2.75) is 6.42 Å². The number of amidine groups is 1. The van der Waals surface area contributed by atoms with Gasteiger partial charge in [0.15, 0.2) is 5.17 Å². The predicted molar refractivity (Wildman–Crippen MR) is 103 cm³/mol. The van der Waals surface area contributed by atoms with Crippen LogP contribution in [0.3, 0.4) is 0 Å². The molecule has 1 aromatic carbocycles. The molecule has 2 aliphatic rings. The first-order valence-corrected chi connectivity index (χ1v) is 9.92. The Morgan fingerprint density at radius 2 is 2.25 bits per heavy atom. The van der Waals surface area contributed by atoms with Gasteiger partial charge < -0.3 is 10.2 Å². The van der Waals surface area contributed by atoms with E-state index in [1.807, 2.05) is 12.1 Å². The number of thioether (sulfide) groups is 1. The highest BCUT2D eigenvalue weighted by Crippen LogP contribution is 2.36. The number of rotatable bonds is 3. The van der Waals surface area contributed by atoms with E-state index in [1.165, 1.54) is 11.3 Å². The molecule has 0 unspecified atom stereocenters. The van der Waals surface area contributed by atoms with Crippen LogP contribution in [-0.2, 0) is 0 Å². The van der Waals surface area contributed by atoms with Crippen molar-refractivity contribution >= 4 is 67.5 Å². The lowest BCUT2D eigenvalue weighted by Gasteiger charge is -2.25. The standard InChI is InChI=1S/C16H13Cl2N3OS2/c17-9-2-3-11-12(6-9)24-14(13(11)18)15(22)20-7-10-8-23-16-19-4-1-5-21(10)16/h2-3,6,8H,1,4-5,7H2,(H,20,22). The Hall–Kier alpha value is -1.21. The first-order chi connectivity index (χ1) is 11.6. The predicted octanol–water partition coefficient (Wildman–Crippen LogP) is 4.59. The molecule has 4 nitrogen and oxygen atoms in total. The van der Waals surface area contributed by atoms with Crippen molar-refractivity contribution in [3.63, 3.8) is 0 Å². The second-order valence-corrected chi connectivity index (χ2v) is 8.17. The minimum Gasteiger partial charge on any atom is -0.346 e. The maximum atomic E-state index is 12.5. The smallest absolute Gasteiger partial charge is 0.263 e. The average molecular weight is 398 g/mol. The van der Waals surface area contributed by atoms with Crippen molar-refractivity contribution in [3.8, 4) is 0 Å². The first-order valence-electron chi connectivity index (χ1n) is 7.47. The maximum absolute atomic E-state index is 12.5. The van der Waals surface area contributed by atoms with E-state index in [4.69, 9.17) is 23.2 Å². The summed E-state index contributed by atoms with van der Waals surface area (Å²) >= 11 is 15.4. The Labute approximate surface area is 157 Å². The van der Waals surface area contributed by atoms with Crippen molar-refractivity contribution in [1.29, 1.82) is 0 Å². The van der Waals surface area contributed by atoms with Crippen LogP contribution in [0.4, 0.5) is 0 Å². The molecule has 1 aromatic heterocycles. The molecule has 0 spiro atoms. The minimum atomic E-state index is -0.161. The number of carbonyl (C=O) groups is 1. The van der Waals surface area contributed by atoms with Gasteiger partial charge in [-0.05, 0) is 18.6 Å². The summed E-state index contributed by atoms with van der Waals surface area (Å²) in [4.78, 5) is 19.7. The van der Waals surface area contributed by atoms with Crippen LogP contribution in [0.25, 0.3) is 10.1 Å². The van der Waals surface area contributed by atoms with E-state index in [9.17, 15) is 4.79 Å². The molecule has 1 N–H and O–H groups in total. The molecule has 0 bridgehead atoms. The van der Waals surface area contributed by atoms with E-state index >= 15 is 0 Å². The molecule has 0 aliphatic carbocycles. The highest BCUT2D eigenvalue weighted by Gasteiger charge is 2.25. The van der Waals surface area contributed by atoms with Crippen LogP contribution in [0.2, 0.25) is 10.0 Å². The largest absolute Gasteiger partial charge is 0.346 e. The normalized spacial score (nSPS) is 16.8. The van der Waals surface area contributed by atoms with E-state index in [1.54, 1.807) is 17.8 Å². The second kappa shape index (κ2) is 6.59. The first kappa shape index (κ1) is 16.3. The number of amides is 1. The molecular formula is C16H13Cl2N3OS2. The number of benzene rings is 1. The fourth-order valence-electron chi connectivity index (χ4n) is 2.71. The summed E-state index contributed by atoms with van der Waals surface area (Å²) in [5, 5.41) is 8.03. The molecule has 0 fully saturated rings. The van der Waals surface area contributed by atoms with Gasteiger partial charge in [0.25, 0.3) is 5.91 Å². The third-order valence-electron chi connectivity index (χ3n) is 3.89. The molecule has 0 radical (unpaired) electrons. The molecule has 0 saturated heterocycles. The Kier molecular flexibility index (Phi) is 4.47. The zero-order valence-corrected chi connectivity index (χ0v) is 15.7. The second-order valence-electron chi connectivity index (χ2n) is 5.46. The van der Waals surface area contributed by atoms with Gasteiger partial charge in [-0.3, -0.25) is 9.79 Å². The van der Waals surface area contributed by atoms with Crippen LogP contribution in [-0.4, -0.2) is 35.6 Å². The van der Waals surface area contributed by atoms with E-state index in [0.717, 1.165) is 40.5 Å². The van der Waals surface area contributed by atoms with Gasteiger partial charge in [0.1, 0.15) is 4.88 Å². The van der Waals surface area contributed by atoms with E-state index in [2.05, 4.69) is 20.6 Å². The quantitative estimate of drug-likeness (QED) is 0.823. The SMILES string of the molecule is O=C(NCC1=CSC2=NCCCN12)c1sc2cc(Cl)ccc2c1Cl. The molecule has 8 heteroatoms. The topological polar surface area (TPSA) is 44.7 Å². The number of fused-ring (bicyclic) bond motifs is 2. The van der Waals surface area contributed by atoms with Crippen molar-refractivity contribution in [2.24, 2.45) is 4.99 Å². The molecule has 24 heavy (non-hydrogen) atoms. The molecule has 4 rings (SSSR count). The summed E-state index contributed by atoms with van der Waals surface area (Å²) in [6, 6.07) is 5.46. The zero-order valence-electron chi connectivity index (χ0n) is 12.5. The third kappa shape index (κ3) is 2.92. The van der Waals surface area contributed by atoms with E-state index in [-0.39, 0.29) is 5.91 Å². The van der Waals surface area contributed by atoms with Crippen molar-refractivity contribution in [2.75, 3.05) is 19.6 Å². The number of hydrogen-bond acceptors (Lipinski definition) is 5. The number of nitrogens with zero attached hydrogens (tertiary/aromatic N) is 2. The highest BCUT2D eigenvalue weighted by molar-refractivity contribution is 8.16. The number of nitrogens with one attached hydrogen (secondary N) is 1. The van der Waals surface area contributed by atoms with E-state index in [0.29, 0.717) is 21.5 Å². The van der Waals surface area contributed by atoms with Gasteiger partial charge in [-0.2, -0.15) is 0 Å². The highest BCUT2D eigenvalue weighted by atomic mass is 35.5. The minimum absolute atomic E-state index is 0.161. The maximum Gasteiger partial charge on any atom is 0.263 e. The molecule has 0 saturated carbocycles. The summed E-state index contributed by atoms with van der Waals surface area (Å²) < 4.78 is 0.915. The van der Waals surface area contributed by atoms with Gasteiger partial charge in [0.2, 0.25) is 0 Å². The summed E-state index contributed by atoms with van der Waals surface area (Å²) in [7, 11) is 0. The molecule has 2 aromatic rings. The summed E-state index contributed by atoms with van der Waals surface area (Å²) in [5.74, 6) is -0.161. The number of halogens is 2. The van der Waals surface area contributed by atoms with Crippen LogP contribution in [0, 0.1) is 0 Å². The van der Waals surface area contributed by atoms with Gasteiger partial charge in [-0.25, -0.2) is 0 Å². The van der Waals surface area contributed by atoms with Crippen LogP contribution in [0.5, 0.6) is 0 Å². The molecule has 2 aliphatic heterocycles. The Morgan fingerprint density at radius 3 is 3.12 bits per heavy atom. The molecule has 0 atom stereocenters. The summed E-state index contributed by atoms with van der Waals surface area (Å²) in [6.45, 7) is 2.30. The monoisotopic (exact) mass is 397 g/mol. The molecule has 124 valence electrons. The van der Waals surface area contributed by atoms with Gasteiger partial charge in [-0.1, -0.05) is 41.0 Å². The van der Waals surface area contributed by atoms with Crippen LogP contribution < -0.4 is 5.32 Å². The lowest BCUT2D eigenvalue weighted by Crippen LogP contribution is -2.35. The van der Waals surface area contributed by atoms with Crippen molar-refractivity contribution < 1.29 is 4.79 Å². The number of carbonyl (C=O) groups excluding carboxylic acids is 1. The summed E-state index contributed by atoms with van der Waals surface area (Å²) in [5.41, 5.74) is 1.08. The van der Waals surface area contributed by atoms with Gasteiger partial charge in [0, 0.05) is 39.3 Å². The fraction of sp³-hybridized carbons (Fsp3) is 0.250. The number of thiophene rings is 1. The van der Waals surface area contributed by atoms with Crippen LogP contribution in [0.15, 0.2) is 34.3 Å². The fourth-order valence-corrected chi connectivity index (χ4v) is 5.37. The number of hydrogen-bond donors (Lipinski definition) is 1. The number of aliphatic imine (C=N–C) groups is 1. The lowest BCUT2D eigenvalue weighted by molar-refractivity contribution is 0.0959. The van der Waals surface area contributed by atoms with Crippen molar-refractivity contribution in [3.05, 3.63) is 44.2 Å². The summed E-state index contributed by atoms with van der Waals surface area (Å²) in [6.07, 6.45) is 1.04. The molecule has 1 amide bonds. The van der Waals surface area contributed by atoms with Crippen LogP contribution >= 0.6 is 46.3 Å². The van der Waals surface area contributed by atoms with Gasteiger partial charge in [-0.15, -0.1) is 11.3 Å². The van der Waals surface area contributed by atoms with Crippen molar-refractivity contribution in [1.82, 2.24) is 10.2 Å². The zero-order chi connectivity index (χ0) is 16.7. The van der Waals surface area contributed by atoms with Gasteiger partial charge in [0.05, 0.1) is 11.6 Å². The Bertz CT molecular complexity index is 891.